The first kappa shape index (κ1) is 10.3. The predicted octanol–water partition coefficient (Wildman–Crippen LogP) is 4.42. The average molecular weight is 192 g/mol. The fourth-order valence-electron chi connectivity index (χ4n) is 2.89. The Kier molecular flexibility index (Phi) is 1.94. The summed E-state index contributed by atoms with van der Waals surface area (Å²) in [5.74, 6) is 1.80. The standard InChI is InChI=1S/C14H24/c1-9-7-11-10(9)8-12(11)14(5,6)13(2,3)4/h9,12H,7-8H2,1-6H3. The second-order valence-corrected chi connectivity index (χ2v) is 6.88. The lowest BCUT2D eigenvalue weighted by Crippen LogP contribution is -2.46. The minimum atomic E-state index is 0.426. The van der Waals surface area contributed by atoms with E-state index in [0.29, 0.717) is 10.8 Å². The first-order valence-electron chi connectivity index (χ1n) is 5.97. The van der Waals surface area contributed by atoms with Gasteiger partial charge in [0, 0.05) is 0 Å². The van der Waals surface area contributed by atoms with Crippen molar-refractivity contribution < 1.29 is 0 Å². The largest absolute Gasteiger partial charge is 0.0669 e. The molecule has 0 saturated heterocycles. The van der Waals surface area contributed by atoms with E-state index >= 15 is 0 Å². The number of hydrogen-bond acceptors (Lipinski definition) is 0. The van der Waals surface area contributed by atoms with Crippen LogP contribution in [0.2, 0.25) is 0 Å². The summed E-state index contributed by atoms with van der Waals surface area (Å²) < 4.78 is 0. The van der Waals surface area contributed by atoms with Gasteiger partial charge in [0.1, 0.15) is 0 Å². The Morgan fingerprint density at radius 2 is 1.50 bits per heavy atom. The van der Waals surface area contributed by atoms with Gasteiger partial charge in [-0.2, -0.15) is 0 Å². The minimum Gasteiger partial charge on any atom is -0.0669 e. The Hall–Kier alpha value is -0.260. The Morgan fingerprint density at radius 1 is 0.929 bits per heavy atom. The molecule has 0 aromatic heterocycles. The van der Waals surface area contributed by atoms with Crippen molar-refractivity contribution >= 4 is 0 Å². The Bertz CT molecular complexity index is 286. The Morgan fingerprint density at radius 3 is 1.79 bits per heavy atom. The van der Waals surface area contributed by atoms with Gasteiger partial charge in [-0.15, -0.1) is 0 Å². The van der Waals surface area contributed by atoms with Gasteiger partial charge in [-0.25, -0.2) is 0 Å². The zero-order chi connectivity index (χ0) is 10.7. The van der Waals surface area contributed by atoms with Gasteiger partial charge in [0.2, 0.25) is 0 Å². The highest BCUT2D eigenvalue weighted by atomic mass is 14.5. The van der Waals surface area contributed by atoms with Crippen LogP contribution in [-0.4, -0.2) is 0 Å². The van der Waals surface area contributed by atoms with Crippen molar-refractivity contribution in [2.45, 2.75) is 54.4 Å². The molecule has 2 atom stereocenters. The van der Waals surface area contributed by atoms with Crippen molar-refractivity contribution in [1.82, 2.24) is 0 Å². The van der Waals surface area contributed by atoms with Crippen molar-refractivity contribution in [2.75, 3.05) is 0 Å². The first-order chi connectivity index (χ1) is 6.25. The Balaban J connectivity index is 2.17. The summed E-state index contributed by atoms with van der Waals surface area (Å²) in [6.45, 7) is 14.4. The van der Waals surface area contributed by atoms with Crippen LogP contribution >= 0.6 is 0 Å². The van der Waals surface area contributed by atoms with E-state index in [1.54, 1.807) is 5.57 Å². The maximum Gasteiger partial charge on any atom is -0.0106 e. The van der Waals surface area contributed by atoms with Crippen LogP contribution in [-0.2, 0) is 0 Å². The minimum absolute atomic E-state index is 0.426. The fourth-order valence-corrected chi connectivity index (χ4v) is 2.89. The fraction of sp³-hybridized carbons (Fsp3) is 0.857. The van der Waals surface area contributed by atoms with Crippen LogP contribution in [0, 0.1) is 22.7 Å². The van der Waals surface area contributed by atoms with Crippen molar-refractivity contribution in [3.05, 3.63) is 11.1 Å². The zero-order valence-corrected chi connectivity index (χ0v) is 10.6. The highest BCUT2D eigenvalue weighted by Gasteiger charge is 2.50. The number of allylic oxidation sites excluding steroid dienone is 2. The van der Waals surface area contributed by atoms with Crippen molar-refractivity contribution in [3.8, 4) is 0 Å². The monoisotopic (exact) mass is 192 g/mol. The van der Waals surface area contributed by atoms with E-state index in [1.807, 2.05) is 5.57 Å². The molecule has 0 bridgehead atoms. The SMILES string of the molecule is CC1CC2=C1CC2C(C)(C)C(C)(C)C. The summed E-state index contributed by atoms with van der Waals surface area (Å²) in [6, 6.07) is 0. The molecule has 2 rings (SSSR count). The van der Waals surface area contributed by atoms with E-state index in [9.17, 15) is 0 Å². The highest BCUT2D eigenvalue weighted by Crippen LogP contribution is 2.61. The molecule has 0 fully saturated rings. The normalized spacial score (nSPS) is 32.1. The van der Waals surface area contributed by atoms with Crippen LogP contribution in [0.3, 0.4) is 0 Å². The van der Waals surface area contributed by atoms with Gasteiger partial charge in [0.25, 0.3) is 0 Å². The molecule has 80 valence electrons. The molecule has 0 radical (unpaired) electrons. The molecule has 0 nitrogen and oxygen atoms in total. The molecule has 14 heavy (non-hydrogen) atoms. The molecule has 0 aromatic rings. The topological polar surface area (TPSA) is 0 Å². The lowest BCUT2D eigenvalue weighted by atomic mass is 9.48. The summed E-state index contributed by atoms with van der Waals surface area (Å²) in [6.07, 6.45) is 2.78. The molecular formula is C14H24. The molecule has 2 aliphatic carbocycles. The van der Waals surface area contributed by atoms with Gasteiger partial charge in [-0.3, -0.25) is 0 Å². The van der Waals surface area contributed by atoms with Crippen molar-refractivity contribution in [1.29, 1.82) is 0 Å². The molecule has 0 N–H and O–H groups in total. The molecule has 0 spiro atoms. The van der Waals surface area contributed by atoms with E-state index in [0.717, 1.165) is 11.8 Å². The summed E-state index contributed by atoms with van der Waals surface area (Å²) in [4.78, 5) is 0. The van der Waals surface area contributed by atoms with E-state index in [4.69, 9.17) is 0 Å². The van der Waals surface area contributed by atoms with Crippen LogP contribution in [0.5, 0.6) is 0 Å². The molecule has 0 saturated carbocycles. The van der Waals surface area contributed by atoms with Gasteiger partial charge < -0.3 is 0 Å². The van der Waals surface area contributed by atoms with Gasteiger partial charge in [-0.1, -0.05) is 52.7 Å². The predicted molar refractivity (Wildman–Crippen MR) is 62.2 cm³/mol. The van der Waals surface area contributed by atoms with Gasteiger partial charge in [0.15, 0.2) is 0 Å². The van der Waals surface area contributed by atoms with Gasteiger partial charge in [0.05, 0.1) is 0 Å². The maximum absolute atomic E-state index is 2.45. The molecule has 0 heteroatoms. The highest BCUT2D eigenvalue weighted by molar-refractivity contribution is 5.41. The third kappa shape index (κ3) is 1.12. The Labute approximate surface area is 88.8 Å². The number of rotatable bonds is 1. The lowest BCUT2D eigenvalue weighted by molar-refractivity contribution is 0.0457. The smallest absolute Gasteiger partial charge is 0.0106 e. The molecule has 0 heterocycles. The van der Waals surface area contributed by atoms with Crippen LogP contribution in [0.1, 0.15) is 54.4 Å². The molecule has 0 aromatic carbocycles. The summed E-state index contributed by atoms with van der Waals surface area (Å²) in [5, 5.41) is 0. The summed E-state index contributed by atoms with van der Waals surface area (Å²) in [7, 11) is 0. The van der Waals surface area contributed by atoms with Crippen LogP contribution in [0.25, 0.3) is 0 Å². The van der Waals surface area contributed by atoms with Crippen molar-refractivity contribution in [2.24, 2.45) is 22.7 Å². The molecule has 0 aliphatic heterocycles. The zero-order valence-electron chi connectivity index (χ0n) is 10.6. The lowest BCUT2D eigenvalue weighted by Gasteiger charge is -2.56. The van der Waals surface area contributed by atoms with Crippen LogP contribution in [0.4, 0.5) is 0 Å². The number of hydrogen-bond donors (Lipinski definition) is 0. The molecule has 2 aliphatic rings. The third-order valence-corrected chi connectivity index (χ3v) is 5.18. The van der Waals surface area contributed by atoms with Gasteiger partial charge >= 0.3 is 0 Å². The average Bonchev–Trinajstić information content (AvgIpc) is 1.97. The second kappa shape index (κ2) is 2.65. The summed E-state index contributed by atoms with van der Waals surface area (Å²) >= 11 is 0. The van der Waals surface area contributed by atoms with Gasteiger partial charge in [-0.05, 0) is 35.5 Å². The molecule has 2 unspecified atom stereocenters. The molecular weight excluding hydrogens is 168 g/mol. The van der Waals surface area contributed by atoms with Crippen LogP contribution < -0.4 is 0 Å². The third-order valence-electron chi connectivity index (χ3n) is 5.18. The van der Waals surface area contributed by atoms with E-state index < -0.39 is 0 Å². The maximum atomic E-state index is 2.45. The second-order valence-electron chi connectivity index (χ2n) is 6.88. The summed E-state index contributed by atoms with van der Waals surface area (Å²) in [5.41, 5.74) is 4.51. The molecule has 0 amide bonds. The van der Waals surface area contributed by atoms with Crippen LogP contribution in [0.15, 0.2) is 11.1 Å². The van der Waals surface area contributed by atoms with Crippen molar-refractivity contribution in [3.63, 3.8) is 0 Å². The first-order valence-corrected chi connectivity index (χ1v) is 5.97. The van der Waals surface area contributed by atoms with E-state index in [1.165, 1.54) is 12.8 Å². The quantitative estimate of drug-likeness (QED) is 0.540. The van der Waals surface area contributed by atoms with E-state index in [2.05, 4.69) is 41.5 Å². The van der Waals surface area contributed by atoms with E-state index in [-0.39, 0.29) is 0 Å².